The second-order valence-electron chi connectivity index (χ2n) is 6.35. The highest BCUT2D eigenvalue weighted by molar-refractivity contribution is 5.74. The highest BCUT2D eigenvalue weighted by Gasteiger charge is 2.47. The number of carbonyl (C=O) groups is 1. The number of benzene rings is 1. The minimum Gasteiger partial charge on any atom is -0.480 e. The molecule has 2 aliphatic rings. The minimum atomic E-state index is -0.771. The third kappa shape index (κ3) is 2.57. The zero-order valence-electron chi connectivity index (χ0n) is 12.3. The number of carboxylic acid groups (broad SMARTS) is 1. The van der Waals surface area contributed by atoms with Gasteiger partial charge in [-0.1, -0.05) is 31.0 Å². The first-order chi connectivity index (χ1) is 10.1. The number of halogens is 1. The predicted molar refractivity (Wildman–Crippen MR) is 78.4 cm³/mol. The van der Waals surface area contributed by atoms with Crippen LogP contribution in [0.15, 0.2) is 24.3 Å². The maximum atomic E-state index is 14.1. The normalized spacial score (nSPS) is 30.9. The first-order valence-electron chi connectivity index (χ1n) is 7.84. The van der Waals surface area contributed by atoms with Crippen molar-refractivity contribution in [1.82, 2.24) is 4.90 Å². The molecule has 0 spiro atoms. The molecule has 1 aliphatic heterocycles. The molecule has 1 aromatic rings. The maximum absolute atomic E-state index is 14.1. The molecule has 1 aliphatic carbocycles. The molecule has 4 atom stereocenters. The SMILES string of the molecule is CC(c1ccccc1F)N1C(C(=O)O)CC2CCCCC21. The van der Waals surface area contributed by atoms with Gasteiger partial charge in [0.25, 0.3) is 0 Å². The van der Waals surface area contributed by atoms with Crippen LogP contribution >= 0.6 is 0 Å². The number of rotatable bonds is 3. The van der Waals surface area contributed by atoms with Crippen molar-refractivity contribution in [3.8, 4) is 0 Å². The van der Waals surface area contributed by atoms with Gasteiger partial charge in [0.2, 0.25) is 0 Å². The van der Waals surface area contributed by atoms with Crippen LogP contribution in [-0.2, 0) is 4.79 Å². The zero-order chi connectivity index (χ0) is 15.0. The van der Waals surface area contributed by atoms with Gasteiger partial charge in [-0.2, -0.15) is 0 Å². The second kappa shape index (κ2) is 5.76. The first-order valence-corrected chi connectivity index (χ1v) is 7.84. The number of carboxylic acids is 1. The Hall–Kier alpha value is -1.42. The van der Waals surface area contributed by atoms with E-state index < -0.39 is 12.0 Å². The van der Waals surface area contributed by atoms with Crippen LogP contribution in [0, 0.1) is 11.7 Å². The number of hydrogen-bond donors (Lipinski definition) is 1. The van der Waals surface area contributed by atoms with E-state index >= 15 is 0 Å². The molecule has 1 aromatic carbocycles. The molecule has 1 heterocycles. The minimum absolute atomic E-state index is 0.194. The summed E-state index contributed by atoms with van der Waals surface area (Å²) in [6.07, 6.45) is 5.18. The van der Waals surface area contributed by atoms with Crippen LogP contribution in [-0.4, -0.2) is 28.1 Å². The van der Waals surface area contributed by atoms with Gasteiger partial charge in [0.1, 0.15) is 11.9 Å². The molecular formula is C17H22FNO2. The molecule has 0 radical (unpaired) electrons. The quantitative estimate of drug-likeness (QED) is 0.925. The van der Waals surface area contributed by atoms with Crippen molar-refractivity contribution in [3.05, 3.63) is 35.6 Å². The molecule has 3 rings (SSSR count). The first kappa shape index (κ1) is 14.5. The van der Waals surface area contributed by atoms with Gasteiger partial charge in [-0.25, -0.2) is 4.39 Å². The molecule has 4 heteroatoms. The monoisotopic (exact) mass is 291 g/mol. The van der Waals surface area contributed by atoms with Gasteiger partial charge in [-0.05, 0) is 38.2 Å². The van der Waals surface area contributed by atoms with Gasteiger partial charge in [0, 0.05) is 17.6 Å². The van der Waals surface area contributed by atoms with Crippen LogP contribution in [0.2, 0.25) is 0 Å². The standard InChI is InChI=1S/C17H22FNO2/c1-11(13-7-3-4-8-14(13)18)19-15-9-5-2-6-12(15)10-16(19)17(20)21/h3-4,7-8,11-12,15-16H,2,5-6,9-10H2,1H3,(H,20,21). The van der Waals surface area contributed by atoms with Crippen molar-refractivity contribution in [3.63, 3.8) is 0 Å². The van der Waals surface area contributed by atoms with Crippen molar-refractivity contribution >= 4 is 5.97 Å². The summed E-state index contributed by atoms with van der Waals surface area (Å²) in [5.74, 6) is -0.560. The fraction of sp³-hybridized carbons (Fsp3) is 0.588. The number of likely N-dealkylation sites (tertiary alicyclic amines) is 1. The van der Waals surface area contributed by atoms with E-state index in [2.05, 4.69) is 4.90 Å². The lowest BCUT2D eigenvalue weighted by Crippen LogP contribution is -2.43. The Morgan fingerprint density at radius 1 is 1.33 bits per heavy atom. The molecule has 114 valence electrons. The highest BCUT2D eigenvalue weighted by atomic mass is 19.1. The van der Waals surface area contributed by atoms with E-state index in [-0.39, 0.29) is 17.9 Å². The Bertz CT molecular complexity index is 533. The third-order valence-electron chi connectivity index (χ3n) is 5.23. The van der Waals surface area contributed by atoms with Crippen molar-refractivity contribution in [1.29, 1.82) is 0 Å². The Kier molecular flexibility index (Phi) is 3.98. The molecule has 0 amide bonds. The summed E-state index contributed by atoms with van der Waals surface area (Å²) in [4.78, 5) is 13.7. The molecule has 1 N–H and O–H groups in total. The molecule has 1 saturated carbocycles. The van der Waals surface area contributed by atoms with Crippen LogP contribution in [0.5, 0.6) is 0 Å². The Balaban J connectivity index is 1.93. The second-order valence-corrected chi connectivity index (χ2v) is 6.35. The predicted octanol–water partition coefficient (Wildman–Crippen LogP) is 3.60. The van der Waals surface area contributed by atoms with E-state index in [1.807, 2.05) is 13.0 Å². The average Bonchev–Trinajstić information content (AvgIpc) is 2.86. The number of hydrogen-bond acceptors (Lipinski definition) is 2. The van der Waals surface area contributed by atoms with E-state index in [1.165, 1.54) is 12.5 Å². The van der Waals surface area contributed by atoms with Crippen molar-refractivity contribution in [2.45, 2.75) is 57.2 Å². The average molecular weight is 291 g/mol. The fourth-order valence-electron chi connectivity index (χ4n) is 4.26. The Morgan fingerprint density at radius 3 is 2.76 bits per heavy atom. The van der Waals surface area contributed by atoms with Gasteiger partial charge in [-0.15, -0.1) is 0 Å². The third-order valence-corrected chi connectivity index (χ3v) is 5.23. The summed E-state index contributed by atoms with van der Waals surface area (Å²) in [5, 5.41) is 9.56. The van der Waals surface area contributed by atoms with Crippen LogP contribution in [0.25, 0.3) is 0 Å². The smallest absolute Gasteiger partial charge is 0.320 e. The molecule has 2 fully saturated rings. The molecule has 1 saturated heterocycles. The number of nitrogens with zero attached hydrogens (tertiary/aromatic N) is 1. The lowest BCUT2D eigenvalue weighted by molar-refractivity contribution is -0.143. The van der Waals surface area contributed by atoms with E-state index in [9.17, 15) is 14.3 Å². The van der Waals surface area contributed by atoms with E-state index in [4.69, 9.17) is 0 Å². The van der Waals surface area contributed by atoms with Gasteiger partial charge >= 0.3 is 5.97 Å². The summed E-state index contributed by atoms with van der Waals surface area (Å²) < 4.78 is 14.1. The summed E-state index contributed by atoms with van der Waals surface area (Å²) in [6.45, 7) is 1.94. The summed E-state index contributed by atoms with van der Waals surface area (Å²) >= 11 is 0. The molecule has 4 unspecified atom stereocenters. The number of aliphatic carboxylic acids is 1. The molecule has 21 heavy (non-hydrogen) atoms. The van der Waals surface area contributed by atoms with Crippen molar-refractivity contribution in [2.24, 2.45) is 5.92 Å². The highest BCUT2D eigenvalue weighted by Crippen LogP contribution is 2.44. The summed E-state index contributed by atoms with van der Waals surface area (Å²) in [7, 11) is 0. The van der Waals surface area contributed by atoms with E-state index in [0.717, 1.165) is 19.3 Å². The maximum Gasteiger partial charge on any atom is 0.320 e. The summed E-state index contributed by atoms with van der Waals surface area (Å²) in [5.41, 5.74) is 0.606. The lowest BCUT2D eigenvalue weighted by Gasteiger charge is -2.37. The van der Waals surface area contributed by atoms with Crippen LogP contribution in [0.1, 0.15) is 50.6 Å². The molecule has 0 bridgehead atoms. The van der Waals surface area contributed by atoms with Crippen LogP contribution < -0.4 is 0 Å². The Morgan fingerprint density at radius 2 is 2.05 bits per heavy atom. The van der Waals surface area contributed by atoms with Gasteiger partial charge in [0.15, 0.2) is 0 Å². The van der Waals surface area contributed by atoms with E-state index in [1.54, 1.807) is 12.1 Å². The zero-order valence-corrected chi connectivity index (χ0v) is 12.3. The lowest BCUT2D eigenvalue weighted by atomic mass is 9.84. The Labute approximate surface area is 124 Å². The van der Waals surface area contributed by atoms with Gasteiger partial charge < -0.3 is 5.11 Å². The summed E-state index contributed by atoms with van der Waals surface area (Å²) in [6, 6.07) is 6.33. The molecule has 3 nitrogen and oxygen atoms in total. The largest absolute Gasteiger partial charge is 0.480 e. The van der Waals surface area contributed by atoms with Crippen molar-refractivity contribution < 1.29 is 14.3 Å². The number of fused-ring (bicyclic) bond motifs is 1. The van der Waals surface area contributed by atoms with Crippen LogP contribution in [0.3, 0.4) is 0 Å². The van der Waals surface area contributed by atoms with Gasteiger partial charge in [0.05, 0.1) is 0 Å². The topological polar surface area (TPSA) is 40.5 Å². The van der Waals surface area contributed by atoms with Crippen LogP contribution in [0.4, 0.5) is 4.39 Å². The molecular weight excluding hydrogens is 269 g/mol. The fourth-order valence-corrected chi connectivity index (χ4v) is 4.26. The molecule has 0 aromatic heterocycles. The van der Waals surface area contributed by atoms with Crippen molar-refractivity contribution in [2.75, 3.05) is 0 Å². The van der Waals surface area contributed by atoms with Gasteiger partial charge in [-0.3, -0.25) is 9.69 Å². The van der Waals surface area contributed by atoms with E-state index in [0.29, 0.717) is 17.9 Å².